The van der Waals surface area contributed by atoms with Gasteiger partial charge in [-0.1, -0.05) is 85.0 Å². The minimum Gasteiger partial charge on any atom is -0.456 e. The van der Waals surface area contributed by atoms with Crippen LogP contribution in [0.25, 0.3) is 17.6 Å². The van der Waals surface area contributed by atoms with Gasteiger partial charge in [0.05, 0.1) is 5.69 Å². The van der Waals surface area contributed by atoms with E-state index in [2.05, 4.69) is 52.5 Å². The van der Waals surface area contributed by atoms with Gasteiger partial charge in [0.15, 0.2) is 0 Å². The molecule has 0 radical (unpaired) electrons. The highest BCUT2D eigenvalue weighted by molar-refractivity contribution is 5.77. The lowest BCUT2D eigenvalue weighted by Gasteiger charge is -2.18. The SMILES string of the molecule is C(/C=C/C=C/c1ccncn1)=C1C=C(c2ccccc2)OC(c2ccccc2)=C1. The number of benzene rings is 2. The van der Waals surface area contributed by atoms with Crippen molar-refractivity contribution in [3.63, 3.8) is 0 Å². The molecule has 4 rings (SSSR count). The lowest BCUT2D eigenvalue weighted by Crippen LogP contribution is -1.99. The molecule has 0 atom stereocenters. The number of ether oxygens (including phenoxy) is 1. The molecule has 3 heteroatoms. The van der Waals surface area contributed by atoms with Crippen molar-refractivity contribution in [2.75, 3.05) is 0 Å². The molecule has 0 aliphatic carbocycles. The quantitative estimate of drug-likeness (QED) is 0.506. The summed E-state index contributed by atoms with van der Waals surface area (Å²) in [5.41, 5.74) is 4.04. The van der Waals surface area contributed by atoms with Gasteiger partial charge in [-0.25, -0.2) is 9.97 Å². The molecule has 0 spiro atoms. The Kier molecular flexibility index (Phi) is 5.89. The van der Waals surface area contributed by atoms with E-state index in [1.807, 2.05) is 66.8 Å². The predicted octanol–water partition coefficient (Wildman–Crippen LogP) is 6.08. The van der Waals surface area contributed by atoms with Gasteiger partial charge in [0.2, 0.25) is 0 Å². The van der Waals surface area contributed by atoms with Gasteiger partial charge in [0, 0.05) is 17.3 Å². The predicted molar refractivity (Wildman–Crippen MR) is 118 cm³/mol. The molecule has 2 aromatic carbocycles. The zero-order valence-electron chi connectivity index (χ0n) is 15.8. The third kappa shape index (κ3) is 5.05. The second kappa shape index (κ2) is 9.29. The third-order valence-corrected chi connectivity index (χ3v) is 4.31. The van der Waals surface area contributed by atoms with E-state index in [0.717, 1.165) is 33.9 Å². The molecule has 140 valence electrons. The van der Waals surface area contributed by atoms with Crippen LogP contribution in [0.3, 0.4) is 0 Å². The Bertz CT molecular complexity index is 1040. The lowest BCUT2D eigenvalue weighted by atomic mass is 10.0. The zero-order chi connectivity index (χ0) is 19.7. The summed E-state index contributed by atoms with van der Waals surface area (Å²) < 4.78 is 6.20. The highest BCUT2D eigenvalue weighted by Crippen LogP contribution is 2.31. The number of aromatic nitrogens is 2. The average molecular weight is 376 g/mol. The zero-order valence-corrected chi connectivity index (χ0v) is 15.8. The van der Waals surface area contributed by atoms with E-state index >= 15 is 0 Å². The lowest BCUT2D eigenvalue weighted by molar-refractivity contribution is 0.467. The van der Waals surface area contributed by atoms with Crippen molar-refractivity contribution in [1.29, 1.82) is 0 Å². The first-order valence-electron chi connectivity index (χ1n) is 9.42. The smallest absolute Gasteiger partial charge is 0.135 e. The summed E-state index contributed by atoms with van der Waals surface area (Å²) in [5.74, 6) is 1.67. The van der Waals surface area contributed by atoms with Gasteiger partial charge in [-0.3, -0.25) is 0 Å². The van der Waals surface area contributed by atoms with E-state index in [1.54, 1.807) is 12.5 Å². The molecular weight excluding hydrogens is 356 g/mol. The maximum absolute atomic E-state index is 6.20. The van der Waals surface area contributed by atoms with Crippen LogP contribution in [0, 0.1) is 0 Å². The van der Waals surface area contributed by atoms with Crippen LogP contribution in [-0.4, -0.2) is 9.97 Å². The molecule has 2 heterocycles. The fourth-order valence-electron chi connectivity index (χ4n) is 2.89. The Hall–Kier alpha value is -3.98. The fraction of sp³-hybridized carbons (Fsp3) is 0. The molecule has 1 aromatic heterocycles. The Balaban J connectivity index is 1.59. The van der Waals surface area contributed by atoms with Crippen molar-refractivity contribution in [2.24, 2.45) is 0 Å². The number of hydrogen-bond donors (Lipinski definition) is 0. The molecule has 0 unspecified atom stereocenters. The Morgan fingerprint density at radius 3 is 1.93 bits per heavy atom. The van der Waals surface area contributed by atoms with Crippen LogP contribution in [-0.2, 0) is 4.74 Å². The van der Waals surface area contributed by atoms with Crippen LogP contribution in [0.2, 0.25) is 0 Å². The van der Waals surface area contributed by atoms with Crippen molar-refractivity contribution < 1.29 is 4.74 Å². The Labute approximate surface area is 170 Å². The number of nitrogens with zero attached hydrogens (tertiary/aromatic N) is 2. The van der Waals surface area contributed by atoms with E-state index in [0.29, 0.717) is 0 Å². The summed E-state index contributed by atoms with van der Waals surface area (Å²) in [7, 11) is 0. The molecule has 0 N–H and O–H groups in total. The van der Waals surface area contributed by atoms with Crippen molar-refractivity contribution >= 4 is 17.6 Å². The monoisotopic (exact) mass is 376 g/mol. The summed E-state index contributed by atoms with van der Waals surface area (Å²) >= 11 is 0. The third-order valence-electron chi connectivity index (χ3n) is 4.31. The van der Waals surface area contributed by atoms with E-state index in [-0.39, 0.29) is 0 Å². The Morgan fingerprint density at radius 2 is 1.34 bits per heavy atom. The highest BCUT2D eigenvalue weighted by Gasteiger charge is 2.14. The van der Waals surface area contributed by atoms with Crippen molar-refractivity contribution in [3.8, 4) is 0 Å². The van der Waals surface area contributed by atoms with Crippen LogP contribution in [0.4, 0.5) is 0 Å². The summed E-state index contributed by atoms with van der Waals surface area (Å²) in [6.07, 6.45) is 17.3. The van der Waals surface area contributed by atoms with Crippen LogP contribution < -0.4 is 0 Å². The molecular formula is C26H20N2O. The first-order chi connectivity index (χ1) is 14.4. The van der Waals surface area contributed by atoms with Crippen LogP contribution in [0.15, 0.2) is 121 Å². The molecule has 1 aliphatic heterocycles. The second-order valence-electron chi connectivity index (χ2n) is 6.40. The maximum atomic E-state index is 6.20. The van der Waals surface area contributed by atoms with Gasteiger partial charge < -0.3 is 4.74 Å². The fourth-order valence-corrected chi connectivity index (χ4v) is 2.89. The molecule has 0 fully saturated rings. The minimum absolute atomic E-state index is 0.836. The van der Waals surface area contributed by atoms with E-state index in [4.69, 9.17) is 4.74 Å². The summed E-state index contributed by atoms with van der Waals surface area (Å²) in [5, 5.41) is 0. The van der Waals surface area contributed by atoms with Gasteiger partial charge in [-0.05, 0) is 29.9 Å². The summed E-state index contributed by atoms with van der Waals surface area (Å²) in [6, 6.07) is 22.1. The second-order valence-corrected chi connectivity index (χ2v) is 6.40. The summed E-state index contributed by atoms with van der Waals surface area (Å²) in [6.45, 7) is 0. The molecule has 29 heavy (non-hydrogen) atoms. The molecule has 1 aliphatic rings. The average Bonchev–Trinajstić information content (AvgIpc) is 2.80. The minimum atomic E-state index is 0.836. The van der Waals surface area contributed by atoms with Gasteiger partial charge in [0.25, 0.3) is 0 Å². The van der Waals surface area contributed by atoms with Gasteiger partial charge in [0.1, 0.15) is 17.8 Å². The molecule has 3 nitrogen and oxygen atoms in total. The van der Waals surface area contributed by atoms with Crippen molar-refractivity contribution in [2.45, 2.75) is 0 Å². The van der Waals surface area contributed by atoms with Crippen LogP contribution in [0.5, 0.6) is 0 Å². The summed E-state index contributed by atoms with van der Waals surface area (Å²) in [4.78, 5) is 8.09. The van der Waals surface area contributed by atoms with E-state index < -0.39 is 0 Å². The topological polar surface area (TPSA) is 35.0 Å². The van der Waals surface area contributed by atoms with E-state index in [9.17, 15) is 0 Å². The van der Waals surface area contributed by atoms with Crippen LogP contribution in [0.1, 0.15) is 16.8 Å². The van der Waals surface area contributed by atoms with Crippen LogP contribution >= 0.6 is 0 Å². The number of allylic oxidation sites excluding steroid dienone is 7. The molecule has 0 bridgehead atoms. The largest absolute Gasteiger partial charge is 0.456 e. The molecule has 0 saturated carbocycles. The standard InChI is InChI=1S/C26H20N2O/c1(9-15-24-16-17-27-20-28-24)4-10-21-18-25(22-11-5-2-6-12-22)29-26(19-21)23-13-7-3-8-14-23/h1-20H/b4-1+,15-9+. The first kappa shape index (κ1) is 18.4. The van der Waals surface area contributed by atoms with Gasteiger partial charge >= 0.3 is 0 Å². The van der Waals surface area contributed by atoms with Crippen molar-refractivity contribution in [1.82, 2.24) is 9.97 Å². The molecule has 3 aromatic rings. The maximum Gasteiger partial charge on any atom is 0.135 e. The van der Waals surface area contributed by atoms with Crippen molar-refractivity contribution in [3.05, 3.63) is 138 Å². The Morgan fingerprint density at radius 1 is 0.690 bits per heavy atom. The highest BCUT2D eigenvalue weighted by atomic mass is 16.5. The molecule has 0 saturated heterocycles. The molecule has 0 amide bonds. The number of rotatable bonds is 5. The number of hydrogen-bond acceptors (Lipinski definition) is 3. The van der Waals surface area contributed by atoms with Gasteiger partial charge in [-0.15, -0.1) is 0 Å². The van der Waals surface area contributed by atoms with Gasteiger partial charge in [-0.2, -0.15) is 0 Å². The first-order valence-corrected chi connectivity index (χ1v) is 9.42. The normalized spacial score (nSPS) is 13.9. The van der Waals surface area contributed by atoms with E-state index in [1.165, 1.54) is 0 Å².